The number of hydrogen-bond acceptors (Lipinski definition) is 3. The van der Waals surface area contributed by atoms with Crippen LogP contribution in [0.3, 0.4) is 0 Å². The average Bonchev–Trinajstić information content (AvgIpc) is 2.28. The van der Waals surface area contributed by atoms with Crippen molar-refractivity contribution in [3.63, 3.8) is 0 Å². The highest BCUT2D eigenvalue weighted by Gasteiger charge is 2.28. The molecule has 0 unspecified atom stereocenters. The second-order valence-corrected chi connectivity index (χ2v) is 4.28. The minimum absolute atomic E-state index is 0.153. The Balaban J connectivity index is 2.45. The standard InChI is InChI=1S/C11H13BrF3NO2/c1-16-7-8-6-9(2-3-10(8)12)17-4-5-18-11(13,14)15/h2-3,6,16H,4-5,7H2,1H3. The number of hydrogen-bond donors (Lipinski definition) is 1. The van der Waals surface area contributed by atoms with Gasteiger partial charge in [0.15, 0.2) is 0 Å². The molecule has 1 aromatic rings. The van der Waals surface area contributed by atoms with Gasteiger partial charge in [-0.3, -0.25) is 4.74 Å². The summed E-state index contributed by atoms with van der Waals surface area (Å²) in [6.07, 6.45) is -4.61. The lowest BCUT2D eigenvalue weighted by Crippen LogP contribution is -2.18. The van der Waals surface area contributed by atoms with Gasteiger partial charge in [0.2, 0.25) is 0 Å². The molecule has 0 fully saturated rings. The van der Waals surface area contributed by atoms with Gasteiger partial charge >= 0.3 is 6.36 Å². The molecule has 0 atom stereocenters. The summed E-state index contributed by atoms with van der Waals surface area (Å²) in [6.45, 7) is -0.0438. The Labute approximate surface area is 111 Å². The molecule has 7 heteroatoms. The van der Waals surface area contributed by atoms with E-state index in [1.807, 2.05) is 0 Å². The first-order valence-corrected chi connectivity index (χ1v) is 5.98. The molecule has 3 nitrogen and oxygen atoms in total. The van der Waals surface area contributed by atoms with E-state index in [1.165, 1.54) is 0 Å². The van der Waals surface area contributed by atoms with Crippen molar-refractivity contribution in [3.8, 4) is 5.75 Å². The fourth-order valence-electron chi connectivity index (χ4n) is 1.28. The third-order valence-electron chi connectivity index (χ3n) is 2.00. The average molecular weight is 328 g/mol. The predicted molar refractivity (Wildman–Crippen MR) is 64.4 cm³/mol. The lowest BCUT2D eigenvalue weighted by atomic mass is 10.2. The normalized spacial score (nSPS) is 11.6. The predicted octanol–water partition coefficient (Wildman–Crippen LogP) is 3.08. The highest BCUT2D eigenvalue weighted by Crippen LogP contribution is 2.22. The Morgan fingerprint density at radius 3 is 2.61 bits per heavy atom. The highest BCUT2D eigenvalue weighted by atomic mass is 79.9. The Morgan fingerprint density at radius 2 is 2.00 bits per heavy atom. The molecule has 0 aliphatic carbocycles. The number of alkyl halides is 3. The summed E-state index contributed by atoms with van der Waals surface area (Å²) in [5.41, 5.74) is 0.965. The fourth-order valence-corrected chi connectivity index (χ4v) is 1.67. The van der Waals surface area contributed by atoms with Crippen LogP contribution >= 0.6 is 15.9 Å². The second-order valence-electron chi connectivity index (χ2n) is 3.43. The molecule has 1 N–H and O–H groups in total. The Kier molecular flexibility index (Phi) is 5.90. The van der Waals surface area contributed by atoms with Gasteiger partial charge in [0.25, 0.3) is 0 Å². The molecule has 0 aromatic heterocycles. The van der Waals surface area contributed by atoms with E-state index in [2.05, 4.69) is 26.0 Å². The van der Waals surface area contributed by atoms with Crippen LogP contribution in [0.2, 0.25) is 0 Å². The van der Waals surface area contributed by atoms with Crippen molar-refractivity contribution in [1.29, 1.82) is 0 Å². The summed E-state index contributed by atoms with van der Waals surface area (Å²) in [6, 6.07) is 5.22. The van der Waals surface area contributed by atoms with Crippen LogP contribution in [0.5, 0.6) is 5.75 Å². The van der Waals surface area contributed by atoms with Crippen LogP contribution in [0.4, 0.5) is 13.2 Å². The molecule has 0 aliphatic rings. The maximum atomic E-state index is 11.7. The van der Waals surface area contributed by atoms with Crippen LogP contribution in [0.1, 0.15) is 5.56 Å². The number of halogens is 4. The molecular formula is C11H13BrF3NO2. The van der Waals surface area contributed by atoms with Crippen molar-refractivity contribution >= 4 is 15.9 Å². The quantitative estimate of drug-likeness (QED) is 0.814. The number of ether oxygens (including phenoxy) is 2. The summed E-state index contributed by atoms with van der Waals surface area (Å²) in [7, 11) is 1.80. The molecule has 0 spiro atoms. The zero-order valence-corrected chi connectivity index (χ0v) is 11.3. The molecule has 0 heterocycles. The molecule has 1 aromatic carbocycles. The van der Waals surface area contributed by atoms with E-state index in [4.69, 9.17) is 4.74 Å². The van der Waals surface area contributed by atoms with E-state index in [9.17, 15) is 13.2 Å². The van der Waals surface area contributed by atoms with Crippen molar-refractivity contribution in [2.24, 2.45) is 0 Å². The SMILES string of the molecule is CNCc1cc(OCCOC(F)(F)F)ccc1Br. The summed E-state index contributed by atoms with van der Waals surface area (Å²) >= 11 is 3.37. The van der Waals surface area contributed by atoms with Gasteiger partial charge in [-0.2, -0.15) is 0 Å². The van der Waals surface area contributed by atoms with Crippen LogP contribution in [-0.2, 0) is 11.3 Å². The van der Waals surface area contributed by atoms with E-state index in [1.54, 1.807) is 25.2 Å². The van der Waals surface area contributed by atoms with Gasteiger partial charge in [0, 0.05) is 11.0 Å². The van der Waals surface area contributed by atoms with E-state index in [-0.39, 0.29) is 6.61 Å². The maximum Gasteiger partial charge on any atom is 0.522 e. The first-order valence-electron chi connectivity index (χ1n) is 5.19. The van der Waals surface area contributed by atoms with Gasteiger partial charge in [-0.25, -0.2) is 0 Å². The van der Waals surface area contributed by atoms with Crippen molar-refractivity contribution in [2.75, 3.05) is 20.3 Å². The van der Waals surface area contributed by atoms with Crippen LogP contribution in [0.25, 0.3) is 0 Å². The molecule has 0 saturated carbocycles. The zero-order valence-electron chi connectivity index (χ0n) is 9.68. The molecule has 0 amide bonds. The van der Waals surface area contributed by atoms with Gasteiger partial charge < -0.3 is 10.1 Å². The number of rotatable bonds is 6. The van der Waals surface area contributed by atoms with Crippen LogP contribution in [0, 0.1) is 0 Å². The van der Waals surface area contributed by atoms with E-state index >= 15 is 0 Å². The molecule has 102 valence electrons. The molecular weight excluding hydrogens is 315 g/mol. The van der Waals surface area contributed by atoms with Crippen LogP contribution < -0.4 is 10.1 Å². The zero-order chi connectivity index (χ0) is 13.6. The molecule has 18 heavy (non-hydrogen) atoms. The minimum atomic E-state index is -4.61. The Morgan fingerprint density at radius 1 is 1.28 bits per heavy atom. The first kappa shape index (κ1) is 15.3. The molecule has 1 rings (SSSR count). The van der Waals surface area contributed by atoms with Gasteiger partial charge in [-0.15, -0.1) is 13.2 Å². The summed E-state index contributed by atoms with van der Waals surface area (Å²) in [5.74, 6) is 0.509. The van der Waals surface area contributed by atoms with Gasteiger partial charge in [0.05, 0.1) is 6.61 Å². The Bertz CT molecular complexity index is 385. The topological polar surface area (TPSA) is 30.5 Å². The molecule has 0 radical (unpaired) electrons. The fraction of sp³-hybridized carbons (Fsp3) is 0.455. The van der Waals surface area contributed by atoms with Crippen molar-refractivity contribution in [3.05, 3.63) is 28.2 Å². The number of benzene rings is 1. The van der Waals surface area contributed by atoms with Crippen molar-refractivity contribution in [2.45, 2.75) is 12.9 Å². The van der Waals surface area contributed by atoms with Gasteiger partial charge in [-0.1, -0.05) is 15.9 Å². The van der Waals surface area contributed by atoms with Crippen molar-refractivity contribution < 1.29 is 22.6 Å². The van der Waals surface area contributed by atoms with E-state index in [0.29, 0.717) is 12.3 Å². The summed E-state index contributed by atoms with van der Waals surface area (Å²) in [5, 5.41) is 2.98. The Hall–Kier alpha value is -0.790. The smallest absolute Gasteiger partial charge is 0.491 e. The summed E-state index contributed by atoms with van der Waals surface area (Å²) < 4.78 is 44.8. The molecule has 0 aliphatic heterocycles. The lowest BCUT2D eigenvalue weighted by Gasteiger charge is -2.11. The van der Waals surface area contributed by atoms with Crippen LogP contribution in [0.15, 0.2) is 22.7 Å². The van der Waals surface area contributed by atoms with Crippen LogP contribution in [-0.4, -0.2) is 26.6 Å². The van der Waals surface area contributed by atoms with E-state index in [0.717, 1.165) is 10.0 Å². The first-order chi connectivity index (χ1) is 8.42. The van der Waals surface area contributed by atoms with Crippen molar-refractivity contribution in [1.82, 2.24) is 5.32 Å². The molecule has 0 bridgehead atoms. The van der Waals surface area contributed by atoms with Gasteiger partial charge in [0.1, 0.15) is 12.4 Å². The highest BCUT2D eigenvalue weighted by molar-refractivity contribution is 9.10. The van der Waals surface area contributed by atoms with Gasteiger partial charge in [-0.05, 0) is 30.8 Å². The lowest BCUT2D eigenvalue weighted by molar-refractivity contribution is -0.325. The second kappa shape index (κ2) is 6.96. The largest absolute Gasteiger partial charge is 0.522 e. The van der Waals surface area contributed by atoms with E-state index < -0.39 is 13.0 Å². The summed E-state index contributed by atoms with van der Waals surface area (Å²) in [4.78, 5) is 0. The minimum Gasteiger partial charge on any atom is -0.491 e. The third kappa shape index (κ3) is 5.70. The monoisotopic (exact) mass is 327 g/mol. The molecule has 0 saturated heterocycles. The maximum absolute atomic E-state index is 11.7. The third-order valence-corrected chi connectivity index (χ3v) is 2.78. The number of nitrogens with one attached hydrogen (secondary N) is 1.